The van der Waals surface area contributed by atoms with Gasteiger partial charge < -0.3 is 14.5 Å². The first kappa shape index (κ1) is 13.2. The Morgan fingerprint density at radius 2 is 2.30 bits per heavy atom. The molecule has 1 aromatic heterocycles. The van der Waals surface area contributed by atoms with E-state index in [1.54, 1.807) is 0 Å². The second-order valence-electron chi connectivity index (χ2n) is 5.42. The normalized spacial score (nSPS) is 20.1. The number of para-hydroxylation sites is 1. The molecule has 0 saturated carbocycles. The van der Waals surface area contributed by atoms with Gasteiger partial charge in [-0.2, -0.15) is 0 Å². The molecule has 1 aromatic carbocycles. The Morgan fingerprint density at radius 1 is 1.45 bits per heavy atom. The third kappa shape index (κ3) is 2.85. The van der Waals surface area contributed by atoms with Crippen molar-refractivity contribution in [1.29, 1.82) is 0 Å². The Kier molecular flexibility index (Phi) is 3.74. The predicted octanol–water partition coefficient (Wildman–Crippen LogP) is 2.52. The lowest BCUT2D eigenvalue weighted by molar-refractivity contribution is -0.125. The molecule has 2 aromatic rings. The van der Waals surface area contributed by atoms with Gasteiger partial charge in [-0.1, -0.05) is 18.2 Å². The molecular formula is C16H19NO3. The number of carbonyl (C=O) groups is 1. The molecule has 0 bridgehead atoms. The van der Waals surface area contributed by atoms with Crippen LogP contribution in [0.2, 0.25) is 0 Å². The number of fused-ring (bicyclic) bond motifs is 1. The molecule has 1 aliphatic rings. The number of hydrogen-bond donors (Lipinski definition) is 1. The highest BCUT2D eigenvalue weighted by Crippen LogP contribution is 2.20. The number of carbonyl (C=O) groups excluding carboxylic acids is 1. The van der Waals surface area contributed by atoms with Crippen LogP contribution in [-0.4, -0.2) is 25.2 Å². The summed E-state index contributed by atoms with van der Waals surface area (Å²) in [6.45, 7) is 3.24. The van der Waals surface area contributed by atoms with Crippen molar-refractivity contribution in [1.82, 2.24) is 5.32 Å². The predicted molar refractivity (Wildman–Crippen MR) is 76.4 cm³/mol. The minimum absolute atomic E-state index is 0.00752. The van der Waals surface area contributed by atoms with Gasteiger partial charge in [-0.05, 0) is 25.5 Å². The minimum atomic E-state index is 0.00752. The maximum atomic E-state index is 12.0. The summed E-state index contributed by atoms with van der Waals surface area (Å²) in [6.07, 6.45) is 1.52. The summed E-state index contributed by atoms with van der Waals surface area (Å²) in [6, 6.07) is 10.0. The molecule has 4 heteroatoms. The Bertz CT molecular complexity index is 566. The summed E-state index contributed by atoms with van der Waals surface area (Å²) >= 11 is 0. The van der Waals surface area contributed by atoms with E-state index in [0.29, 0.717) is 19.6 Å². The molecule has 0 aliphatic carbocycles. The zero-order valence-electron chi connectivity index (χ0n) is 11.6. The van der Waals surface area contributed by atoms with Gasteiger partial charge in [-0.15, -0.1) is 0 Å². The average Bonchev–Trinajstić information content (AvgIpc) is 3.07. The van der Waals surface area contributed by atoms with Crippen molar-refractivity contribution < 1.29 is 13.9 Å². The minimum Gasteiger partial charge on any atom is -0.461 e. The maximum absolute atomic E-state index is 12.0. The first-order valence-electron chi connectivity index (χ1n) is 7.08. The van der Waals surface area contributed by atoms with E-state index in [0.717, 1.165) is 23.2 Å². The monoisotopic (exact) mass is 273 g/mol. The molecule has 2 atom stereocenters. The van der Waals surface area contributed by atoms with Gasteiger partial charge in [-0.25, -0.2) is 0 Å². The van der Waals surface area contributed by atoms with Crippen molar-refractivity contribution in [2.75, 3.05) is 13.2 Å². The summed E-state index contributed by atoms with van der Waals surface area (Å²) in [5.74, 6) is 1.00. The van der Waals surface area contributed by atoms with E-state index in [1.165, 1.54) is 0 Å². The van der Waals surface area contributed by atoms with Crippen LogP contribution < -0.4 is 5.32 Å². The van der Waals surface area contributed by atoms with Crippen molar-refractivity contribution in [2.24, 2.45) is 5.92 Å². The van der Waals surface area contributed by atoms with Crippen LogP contribution in [0.5, 0.6) is 0 Å². The van der Waals surface area contributed by atoms with Crippen molar-refractivity contribution in [3.05, 3.63) is 36.1 Å². The summed E-state index contributed by atoms with van der Waals surface area (Å²) < 4.78 is 11.0. The molecule has 0 radical (unpaired) electrons. The smallest absolute Gasteiger partial charge is 0.225 e. The number of nitrogens with one attached hydrogen (secondary N) is 1. The van der Waals surface area contributed by atoms with E-state index in [-0.39, 0.29) is 17.9 Å². The first-order chi connectivity index (χ1) is 9.72. The van der Waals surface area contributed by atoms with Crippen LogP contribution in [0.25, 0.3) is 11.0 Å². The summed E-state index contributed by atoms with van der Waals surface area (Å²) in [5, 5.41) is 4.14. The molecule has 20 heavy (non-hydrogen) atoms. The van der Waals surface area contributed by atoms with Gasteiger partial charge in [-0.3, -0.25) is 4.79 Å². The van der Waals surface area contributed by atoms with Gasteiger partial charge in [0.15, 0.2) is 0 Å². The van der Waals surface area contributed by atoms with Gasteiger partial charge in [0.1, 0.15) is 11.3 Å². The molecule has 1 saturated heterocycles. The van der Waals surface area contributed by atoms with E-state index < -0.39 is 0 Å². The van der Waals surface area contributed by atoms with Gasteiger partial charge in [0.2, 0.25) is 5.91 Å². The fourth-order valence-corrected chi connectivity index (χ4v) is 2.59. The first-order valence-corrected chi connectivity index (χ1v) is 7.08. The number of furan rings is 1. The number of hydrogen-bond acceptors (Lipinski definition) is 3. The van der Waals surface area contributed by atoms with Crippen LogP contribution in [0.4, 0.5) is 0 Å². The molecule has 4 nitrogen and oxygen atoms in total. The zero-order valence-corrected chi connectivity index (χ0v) is 11.6. The zero-order chi connectivity index (χ0) is 13.9. The number of rotatable bonds is 4. The highest BCUT2D eigenvalue weighted by atomic mass is 16.5. The summed E-state index contributed by atoms with van der Waals surface area (Å²) in [5.41, 5.74) is 0.894. The molecule has 0 spiro atoms. The third-order valence-electron chi connectivity index (χ3n) is 3.67. The largest absolute Gasteiger partial charge is 0.461 e. The summed E-state index contributed by atoms with van der Waals surface area (Å²) in [4.78, 5) is 12.0. The molecule has 1 fully saturated rings. The summed E-state index contributed by atoms with van der Waals surface area (Å²) in [7, 11) is 0. The number of ether oxygens (including phenoxy) is 1. The van der Waals surface area contributed by atoms with Crippen LogP contribution in [0.1, 0.15) is 19.1 Å². The number of benzene rings is 1. The van der Waals surface area contributed by atoms with Crippen LogP contribution in [0, 0.1) is 5.92 Å². The van der Waals surface area contributed by atoms with Crippen LogP contribution in [0.15, 0.2) is 34.7 Å². The van der Waals surface area contributed by atoms with Crippen molar-refractivity contribution >= 4 is 16.9 Å². The number of amides is 1. The molecule has 1 aliphatic heterocycles. The lowest BCUT2D eigenvalue weighted by Gasteiger charge is -2.15. The van der Waals surface area contributed by atoms with Gasteiger partial charge in [0, 0.05) is 24.5 Å². The molecule has 1 amide bonds. The van der Waals surface area contributed by atoms with Crippen molar-refractivity contribution in [3.8, 4) is 0 Å². The highest BCUT2D eigenvalue weighted by Gasteiger charge is 2.24. The van der Waals surface area contributed by atoms with Crippen LogP contribution in [-0.2, 0) is 16.0 Å². The lowest BCUT2D eigenvalue weighted by Crippen LogP contribution is -2.38. The second kappa shape index (κ2) is 5.67. The average molecular weight is 273 g/mol. The van der Waals surface area contributed by atoms with E-state index in [1.807, 2.05) is 37.3 Å². The molecule has 2 heterocycles. The fourth-order valence-electron chi connectivity index (χ4n) is 2.59. The van der Waals surface area contributed by atoms with E-state index in [4.69, 9.17) is 9.15 Å². The van der Waals surface area contributed by atoms with Gasteiger partial charge >= 0.3 is 0 Å². The molecular weight excluding hydrogens is 254 g/mol. The Labute approximate surface area is 118 Å². The second-order valence-corrected chi connectivity index (χ2v) is 5.42. The van der Waals surface area contributed by atoms with E-state index >= 15 is 0 Å². The Morgan fingerprint density at radius 3 is 3.05 bits per heavy atom. The SMILES string of the molecule is C[C@H](Cc1cc2ccccc2o1)NC(=O)[C@@H]1CCOC1. The maximum Gasteiger partial charge on any atom is 0.225 e. The molecule has 3 rings (SSSR count). The topological polar surface area (TPSA) is 51.5 Å². The quantitative estimate of drug-likeness (QED) is 0.931. The molecule has 106 valence electrons. The molecule has 1 N–H and O–H groups in total. The van der Waals surface area contributed by atoms with Crippen LogP contribution in [0.3, 0.4) is 0 Å². The highest BCUT2D eigenvalue weighted by molar-refractivity contribution is 5.79. The van der Waals surface area contributed by atoms with E-state index in [2.05, 4.69) is 5.32 Å². The molecule has 0 unspecified atom stereocenters. The van der Waals surface area contributed by atoms with Crippen LogP contribution >= 0.6 is 0 Å². The van der Waals surface area contributed by atoms with E-state index in [9.17, 15) is 4.79 Å². The van der Waals surface area contributed by atoms with Crippen molar-refractivity contribution in [3.63, 3.8) is 0 Å². The Balaban J connectivity index is 1.60. The standard InChI is InChI=1S/C16H19NO3/c1-11(17-16(18)13-6-7-19-10-13)8-14-9-12-4-2-3-5-15(12)20-14/h2-5,9,11,13H,6-8,10H2,1H3,(H,17,18)/t11-,13-/m1/s1. The fraction of sp³-hybridized carbons (Fsp3) is 0.438. The Hall–Kier alpha value is -1.81. The van der Waals surface area contributed by atoms with Crippen molar-refractivity contribution in [2.45, 2.75) is 25.8 Å². The third-order valence-corrected chi connectivity index (χ3v) is 3.67. The van der Waals surface area contributed by atoms with Gasteiger partial charge in [0.05, 0.1) is 12.5 Å². The lowest BCUT2D eigenvalue weighted by atomic mass is 10.1. The van der Waals surface area contributed by atoms with Gasteiger partial charge in [0.25, 0.3) is 0 Å².